The van der Waals surface area contributed by atoms with Crippen LogP contribution in [0.4, 0.5) is 0 Å². The van der Waals surface area contributed by atoms with E-state index in [4.69, 9.17) is 16.1 Å². The third-order valence-corrected chi connectivity index (χ3v) is 4.15. The van der Waals surface area contributed by atoms with Crippen molar-refractivity contribution in [2.45, 2.75) is 25.3 Å². The van der Waals surface area contributed by atoms with Gasteiger partial charge in [-0.3, -0.25) is 4.90 Å². The predicted molar refractivity (Wildman–Crippen MR) is 80.1 cm³/mol. The second kappa shape index (κ2) is 6.56. The molecule has 0 saturated carbocycles. The summed E-state index contributed by atoms with van der Waals surface area (Å²) in [4.78, 5) is 6.70. The lowest BCUT2D eigenvalue weighted by Gasteiger charge is -2.21. The molecule has 1 N–H and O–H groups in total. The Balaban J connectivity index is 1.61. The number of likely N-dealkylation sites (tertiary alicyclic amines) is 1. The SMILES string of the molecule is OC[C@H]1CCCN1CCc1nc(-c2ccc(Cl)cc2)no1. The van der Waals surface area contributed by atoms with E-state index in [1.807, 2.05) is 24.3 Å². The second-order valence-corrected chi connectivity index (χ2v) is 5.72. The highest BCUT2D eigenvalue weighted by Gasteiger charge is 2.23. The molecule has 1 aliphatic heterocycles. The van der Waals surface area contributed by atoms with Crippen LogP contribution in [0.2, 0.25) is 5.02 Å². The molecule has 0 unspecified atom stereocenters. The Hall–Kier alpha value is -1.43. The summed E-state index contributed by atoms with van der Waals surface area (Å²) in [6, 6.07) is 7.65. The van der Waals surface area contributed by atoms with Gasteiger partial charge in [0.2, 0.25) is 11.7 Å². The number of hydrogen-bond acceptors (Lipinski definition) is 5. The number of aliphatic hydroxyl groups excluding tert-OH is 1. The maximum Gasteiger partial charge on any atom is 0.228 e. The van der Waals surface area contributed by atoms with Crippen LogP contribution >= 0.6 is 11.6 Å². The minimum atomic E-state index is 0.222. The van der Waals surface area contributed by atoms with Crippen LogP contribution in [0.5, 0.6) is 0 Å². The number of aliphatic hydroxyl groups is 1. The van der Waals surface area contributed by atoms with Crippen molar-refractivity contribution in [3.05, 3.63) is 35.2 Å². The smallest absolute Gasteiger partial charge is 0.228 e. The van der Waals surface area contributed by atoms with E-state index >= 15 is 0 Å². The van der Waals surface area contributed by atoms with Crippen LogP contribution in [0.1, 0.15) is 18.7 Å². The van der Waals surface area contributed by atoms with E-state index in [1.54, 1.807) is 0 Å². The van der Waals surface area contributed by atoms with Crippen LogP contribution < -0.4 is 0 Å². The molecule has 0 spiro atoms. The third-order valence-electron chi connectivity index (χ3n) is 3.89. The average Bonchev–Trinajstić information content (AvgIpc) is 3.14. The molecule has 1 aromatic carbocycles. The Kier molecular flexibility index (Phi) is 4.53. The van der Waals surface area contributed by atoms with E-state index in [1.165, 1.54) is 0 Å². The highest BCUT2D eigenvalue weighted by Crippen LogP contribution is 2.20. The van der Waals surface area contributed by atoms with Gasteiger partial charge in [-0.15, -0.1) is 0 Å². The maximum absolute atomic E-state index is 9.30. The Morgan fingerprint density at radius 1 is 1.33 bits per heavy atom. The first-order chi connectivity index (χ1) is 10.3. The normalized spacial score (nSPS) is 19.2. The molecule has 21 heavy (non-hydrogen) atoms. The van der Waals surface area contributed by atoms with E-state index < -0.39 is 0 Å². The van der Waals surface area contributed by atoms with Gasteiger partial charge >= 0.3 is 0 Å². The summed E-state index contributed by atoms with van der Waals surface area (Å²) in [5.41, 5.74) is 0.892. The molecule has 0 bridgehead atoms. The summed E-state index contributed by atoms with van der Waals surface area (Å²) in [7, 11) is 0. The lowest BCUT2D eigenvalue weighted by Crippen LogP contribution is -2.33. The fraction of sp³-hybridized carbons (Fsp3) is 0.467. The van der Waals surface area contributed by atoms with Gasteiger partial charge in [-0.25, -0.2) is 0 Å². The zero-order valence-corrected chi connectivity index (χ0v) is 12.5. The molecular formula is C15H18ClN3O2. The summed E-state index contributed by atoms with van der Waals surface area (Å²) in [5, 5.41) is 14.0. The number of rotatable bonds is 5. The first-order valence-electron chi connectivity index (χ1n) is 7.19. The topological polar surface area (TPSA) is 62.4 Å². The molecule has 0 aliphatic carbocycles. The predicted octanol–water partition coefficient (Wildman–Crippen LogP) is 2.39. The van der Waals surface area contributed by atoms with Crippen LogP contribution in [0.15, 0.2) is 28.8 Å². The minimum absolute atomic E-state index is 0.222. The molecule has 5 nitrogen and oxygen atoms in total. The molecule has 1 atom stereocenters. The molecule has 1 saturated heterocycles. The highest BCUT2D eigenvalue weighted by molar-refractivity contribution is 6.30. The fourth-order valence-electron chi connectivity index (χ4n) is 2.71. The zero-order chi connectivity index (χ0) is 14.7. The van der Waals surface area contributed by atoms with Gasteiger partial charge < -0.3 is 9.63 Å². The van der Waals surface area contributed by atoms with Crippen LogP contribution in [0.25, 0.3) is 11.4 Å². The summed E-state index contributed by atoms with van der Waals surface area (Å²) < 4.78 is 5.29. The second-order valence-electron chi connectivity index (χ2n) is 5.28. The first kappa shape index (κ1) is 14.5. The molecule has 0 radical (unpaired) electrons. The van der Waals surface area contributed by atoms with E-state index in [0.717, 1.165) is 31.5 Å². The molecule has 2 heterocycles. The third kappa shape index (κ3) is 3.43. The van der Waals surface area contributed by atoms with Gasteiger partial charge in [0.05, 0.1) is 6.61 Å². The van der Waals surface area contributed by atoms with Crippen LogP contribution in [-0.4, -0.2) is 45.9 Å². The van der Waals surface area contributed by atoms with Crippen molar-refractivity contribution in [1.82, 2.24) is 15.0 Å². The Bertz CT molecular complexity index is 585. The number of hydrogen-bond donors (Lipinski definition) is 1. The molecule has 3 rings (SSSR count). The van der Waals surface area contributed by atoms with E-state index in [0.29, 0.717) is 23.2 Å². The average molecular weight is 308 g/mol. The van der Waals surface area contributed by atoms with Gasteiger partial charge in [-0.2, -0.15) is 4.98 Å². The van der Waals surface area contributed by atoms with Crippen molar-refractivity contribution in [1.29, 1.82) is 0 Å². The fourth-order valence-corrected chi connectivity index (χ4v) is 2.83. The minimum Gasteiger partial charge on any atom is -0.395 e. The van der Waals surface area contributed by atoms with Gasteiger partial charge in [0.1, 0.15) is 0 Å². The van der Waals surface area contributed by atoms with Gasteiger partial charge in [0, 0.05) is 29.6 Å². The number of benzene rings is 1. The van der Waals surface area contributed by atoms with Crippen molar-refractivity contribution in [2.75, 3.05) is 19.7 Å². The molecule has 1 aromatic heterocycles. The van der Waals surface area contributed by atoms with Crippen LogP contribution in [-0.2, 0) is 6.42 Å². The van der Waals surface area contributed by atoms with Crippen molar-refractivity contribution < 1.29 is 9.63 Å². The number of nitrogens with zero attached hydrogens (tertiary/aromatic N) is 3. The lowest BCUT2D eigenvalue weighted by molar-refractivity contribution is 0.157. The van der Waals surface area contributed by atoms with Gasteiger partial charge in [0.25, 0.3) is 0 Å². The number of halogens is 1. The Labute approximate surface area is 128 Å². The zero-order valence-electron chi connectivity index (χ0n) is 11.7. The largest absolute Gasteiger partial charge is 0.395 e. The van der Waals surface area contributed by atoms with E-state index in [9.17, 15) is 5.11 Å². The molecular weight excluding hydrogens is 290 g/mol. The van der Waals surface area contributed by atoms with Crippen molar-refractivity contribution >= 4 is 11.6 Å². The Morgan fingerprint density at radius 2 is 2.14 bits per heavy atom. The maximum atomic E-state index is 9.30. The van der Waals surface area contributed by atoms with E-state index in [-0.39, 0.29) is 12.6 Å². The summed E-state index contributed by atoms with van der Waals surface area (Å²) in [5.74, 6) is 1.21. The van der Waals surface area contributed by atoms with Crippen molar-refractivity contribution in [3.8, 4) is 11.4 Å². The number of aromatic nitrogens is 2. The van der Waals surface area contributed by atoms with Crippen LogP contribution in [0.3, 0.4) is 0 Å². The summed E-state index contributed by atoms with van der Waals surface area (Å²) >= 11 is 5.86. The van der Waals surface area contributed by atoms with Gasteiger partial charge in [-0.1, -0.05) is 16.8 Å². The quantitative estimate of drug-likeness (QED) is 0.919. The van der Waals surface area contributed by atoms with Crippen molar-refractivity contribution in [2.24, 2.45) is 0 Å². The molecule has 6 heteroatoms. The molecule has 0 amide bonds. The summed E-state index contributed by atoms with van der Waals surface area (Å²) in [6.07, 6.45) is 2.92. The Morgan fingerprint density at radius 3 is 2.90 bits per heavy atom. The monoisotopic (exact) mass is 307 g/mol. The molecule has 1 aliphatic rings. The molecule has 2 aromatic rings. The lowest BCUT2D eigenvalue weighted by atomic mass is 10.2. The van der Waals surface area contributed by atoms with Crippen molar-refractivity contribution in [3.63, 3.8) is 0 Å². The molecule has 112 valence electrons. The van der Waals surface area contributed by atoms with Crippen LogP contribution in [0, 0.1) is 0 Å². The first-order valence-corrected chi connectivity index (χ1v) is 7.57. The highest BCUT2D eigenvalue weighted by atomic mass is 35.5. The van der Waals surface area contributed by atoms with E-state index in [2.05, 4.69) is 15.0 Å². The standard InChI is InChI=1S/C15H18ClN3O2/c16-12-5-3-11(4-6-12)15-17-14(21-18-15)7-9-19-8-1-2-13(19)10-20/h3-6,13,20H,1-2,7-10H2/t13-/m1/s1. The van der Waals surface area contributed by atoms with Gasteiger partial charge in [-0.05, 0) is 43.7 Å². The molecule has 1 fully saturated rings. The van der Waals surface area contributed by atoms with Gasteiger partial charge in [0.15, 0.2) is 0 Å². The summed E-state index contributed by atoms with van der Waals surface area (Å²) in [6.45, 7) is 2.09.